The van der Waals surface area contributed by atoms with Crippen molar-refractivity contribution < 1.29 is 4.42 Å². The molecule has 0 atom stereocenters. The summed E-state index contributed by atoms with van der Waals surface area (Å²) in [6.07, 6.45) is 2.08. The molecule has 0 amide bonds. The van der Waals surface area contributed by atoms with Crippen LogP contribution >= 0.6 is 23.1 Å². The summed E-state index contributed by atoms with van der Waals surface area (Å²) < 4.78 is 5.69. The van der Waals surface area contributed by atoms with Crippen LogP contribution in [0.2, 0.25) is 0 Å². The first-order chi connectivity index (χ1) is 8.29. The second kappa shape index (κ2) is 6.28. The predicted molar refractivity (Wildman–Crippen MR) is 75.5 cm³/mol. The minimum atomic E-state index is 0.795. The number of aryl methyl sites for hydroxylation is 1. The predicted octanol–water partition coefficient (Wildman–Crippen LogP) is 3.80. The van der Waals surface area contributed by atoms with Crippen molar-refractivity contribution in [2.45, 2.75) is 25.8 Å². The van der Waals surface area contributed by atoms with Gasteiger partial charge in [0.2, 0.25) is 0 Å². The van der Waals surface area contributed by atoms with E-state index in [-0.39, 0.29) is 0 Å². The molecule has 0 radical (unpaired) electrons. The maximum Gasteiger partial charge on any atom is 0.118 e. The van der Waals surface area contributed by atoms with Crippen molar-refractivity contribution >= 4 is 23.1 Å². The number of rotatable bonds is 6. The van der Waals surface area contributed by atoms with E-state index >= 15 is 0 Å². The maximum atomic E-state index is 5.69. The van der Waals surface area contributed by atoms with E-state index in [9.17, 15) is 0 Å². The van der Waals surface area contributed by atoms with Crippen molar-refractivity contribution in [2.24, 2.45) is 0 Å². The molecule has 0 aliphatic heterocycles. The molecule has 0 bridgehead atoms. The lowest BCUT2D eigenvalue weighted by molar-refractivity contribution is 0.459. The van der Waals surface area contributed by atoms with Gasteiger partial charge in [0.1, 0.15) is 11.5 Å². The van der Waals surface area contributed by atoms with E-state index in [1.54, 1.807) is 23.1 Å². The maximum absolute atomic E-state index is 5.69. The third-order valence-corrected chi connectivity index (χ3v) is 4.06. The van der Waals surface area contributed by atoms with Gasteiger partial charge in [0, 0.05) is 6.54 Å². The average Bonchev–Trinajstić information content (AvgIpc) is 2.90. The smallest absolute Gasteiger partial charge is 0.118 e. The van der Waals surface area contributed by atoms with Gasteiger partial charge in [-0.3, -0.25) is 0 Å². The summed E-state index contributed by atoms with van der Waals surface area (Å²) in [7, 11) is 0. The second-order valence-corrected chi connectivity index (χ2v) is 5.59. The zero-order chi connectivity index (χ0) is 12.1. The minimum Gasteiger partial charge on any atom is -0.464 e. The average molecular weight is 267 g/mol. The van der Waals surface area contributed by atoms with Crippen LogP contribution in [0.1, 0.15) is 22.6 Å². The third kappa shape index (κ3) is 3.63. The molecule has 92 valence electrons. The molecule has 0 aliphatic carbocycles. The van der Waals surface area contributed by atoms with Crippen LogP contribution < -0.4 is 5.32 Å². The van der Waals surface area contributed by atoms with Gasteiger partial charge in [0.15, 0.2) is 0 Å². The molecule has 0 spiro atoms. The monoisotopic (exact) mass is 267 g/mol. The van der Waals surface area contributed by atoms with Gasteiger partial charge in [0.05, 0.1) is 12.3 Å². The lowest BCUT2D eigenvalue weighted by Gasteiger charge is -2.02. The van der Waals surface area contributed by atoms with Crippen LogP contribution in [0.25, 0.3) is 0 Å². The summed E-state index contributed by atoms with van der Waals surface area (Å²) in [5, 5.41) is 7.79. The lowest BCUT2D eigenvalue weighted by atomic mass is 10.2. The fourth-order valence-corrected chi connectivity index (χ4v) is 2.92. The number of hydrogen-bond donors (Lipinski definition) is 1. The van der Waals surface area contributed by atoms with E-state index in [0.717, 1.165) is 30.4 Å². The summed E-state index contributed by atoms with van der Waals surface area (Å²) in [4.78, 5) is 0. The fourth-order valence-electron chi connectivity index (χ4n) is 1.63. The Bertz CT molecular complexity index is 461. The van der Waals surface area contributed by atoms with Gasteiger partial charge in [-0.25, -0.2) is 0 Å². The van der Waals surface area contributed by atoms with E-state index < -0.39 is 0 Å². The van der Waals surface area contributed by atoms with Crippen LogP contribution in [0.4, 0.5) is 0 Å². The zero-order valence-electron chi connectivity index (χ0n) is 10.2. The summed E-state index contributed by atoms with van der Waals surface area (Å²) in [6.45, 7) is 3.86. The first kappa shape index (κ1) is 12.7. The first-order valence-corrected chi connectivity index (χ1v) is 7.92. The van der Waals surface area contributed by atoms with Gasteiger partial charge in [0.25, 0.3) is 0 Å². The Hall–Kier alpha value is -0.710. The molecule has 0 saturated carbocycles. The van der Waals surface area contributed by atoms with Gasteiger partial charge in [-0.1, -0.05) is 0 Å². The van der Waals surface area contributed by atoms with Crippen LogP contribution in [0.3, 0.4) is 0 Å². The summed E-state index contributed by atoms with van der Waals surface area (Å²) >= 11 is 3.54. The Balaban J connectivity index is 1.80. The molecule has 2 aromatic heterocycles. The highest BCUT2D eigenvalue weighted by atomic mass is 32.2. The van der Waals surface area contributed by atoms with Crippen LogP contribution in [-0.4, -0.2) is 6.26 Å². The van der Waals surface area contributed by atoms with E-state index in [4.69, 9.17) is 4.42 Å². The number of hydrogen-bond acceptors (Lipinski definition) is 4. The Morgan fingerprint density at radius 2 is 2.06 bits per heavy atom. The van der Waals surface area contributed by atoms with Gasteiger partial charge in [-0.2, -0.15) is 23.1 Å². The SMILES string of the molecule is CSCc1ccc(CNCc2cscc2C)o1. The highest BCUT2D eigenvalue weighted by Crippen LogP contribution is 2.15. The quantitative estimate of drug-likeness (QED) is 0.861. The van der Waals surface area contributed by atoms with Gasteiger partial charge < -0.3 is 9.73 Å². The molecular weight excluding hydrogens is 250 g/mol. The number of thioether (sulfide) groups is 1. The van der Waals surface area contributed by atoms with Crippen molar-refractivity contribution in [3.05, 3.63) is 45.5 Å². The zero-order valence-corrected chi connectivity index (χ0v) is 11.8. The van der Waals surface area contributed by atoms with Crippen LogP contribution in [-0.2, 0) is 18.8 Å². The normalized spacial score (nSPS) is 10.9. The van der Waals surface area contributed by atoms with E-state index in [1.165, 1.54) is 11.1 Å². The highest BCUT2D eigenvalue weighted by Gasteiger charge is 2.02. The standard InChI is InChI=1S/C13H17NOS2/c1-10-7-17-8-11(10)5-14-6-12-3-4-13(15-12)9-16-2/h3-4,7-8,14H,5-6,9H2,1-2H3. The van der Waals surface area contributed by atoms with Gasteiger partial charge >= 0.3 is 0 Å². The molecule has 2 aromatic rings. The number of nitrogens with one attached hydrogen (secondary N) is 1. The van der Waals surface area contributed by atoms with Gasteiger partial charge in [-0.05, 0) is 47.2 Å². The molecule has 2 nitrogen and oxygen atoms in total. The van der Waals surface area contributed by atoms with Crippen molar-refractivity contribution in [2.75, 3.05) is 6.26 Å². The molecule has 2 heterocycles. The van der Waals surface area contributed by atoms with E-state index in [1.807, 2.05) is 0 Å². The molecule has 1 N–H and O–H groups in total. The minimum absolute atomic E-state index is 0.795. The molecule has 4 heteroatoms. The summed E-state index contributed by atoms with van der Waals surface area (Å²) in [5.74, 6) is 3.02. The van der Waals surface area contributed by atoms with Crippen molar-refractivity contribution in [1.82, 2.24) is 5.32 Å². The molecular formula is C13H17NOS2. The Kier molecular flexibility index (Phi) is 4.71. The molecule has 0 aromatic carbocycles. The number of furan rings is 1. The van der Waals surface area contributed by atoms with Crippen LogP contribution in [0.15, 0.2) is 27.3 Å². The Morgan fingerprint density at radius 1 is 1.24 bits per heavy atom. The third-order valence-electron chi connectivity index (χ3n) is 2.58. The second-order valence-electron chi connectivity index (χ2n) is 3.98. The molecule has 0 saturated heterocycles. The first-order valence-electron chi connectivity index (χ1n) is 5.58. The van der Waals surface area contributed by atoms with Crippen molar-refractivity contribution in [3.63, 3.8) is 0 Å². The molecule has 0 unspecified atom stereocenters. The highest BCUT2D eigenvalue weighted by molar-refractivity contribution is 7.97. The van der Waals surface area contributed by atoms with Crippen molar-refractivity contribution in [1.29, 1.82) is 0 Å². The molecule has 17 heavy (non-hydrogen) atoms. The van der Waals surface area contributed by atoms with Gasteiger partial charge in [-0.15, -0.1) is 0 Å². The van der Waals surface area contributed by atoms with E-state index in [0.29, 0.717) is 0 Å². The summed E-state index contributed by atoms with van der Waals surface area (Å²) in [6, 6.07) is 4.11. The topological polar surface area (TPSA) is 25.2 Å². The Labute approximate surface area is 110 Å². The molecule has 0 fully saturated rings. The van der Waals surface area contributed by atoms with Crippen LogP contribution in [0, 0.1) is 6.92 Å². The fraction of sp³-hybridized carbons (Fsp3) is 0.385. The van der Waals surface area contributed by atoms with E-state index in [2.05, 4.69) is 41.4 Å². The number of thiophene rings is 1. The largest absolute Gasteiger partial charge is 0.464 e. The molecule has 2 rings (SSSR count). The molecule has 0 aliphatic rings. The Morgan fingerprint density at radius 3 is 2.76 bits per heavy atom. The summed E-state index contributed by atoms with van der Waals surface area (Å²) in [5.41, 5.74) is 2.75. The lowest BCUT2D eigenvalue weighted by Crippen LogP contribution is -2.12. The van der Waals surface area contributed by atoms with Crippen molar-refractivity contribution in [3.8, 4) is 0 Å². The van der Waals surface area contributed by atoms with Crippen LogP contribution in [0.5, 0.6) is 0 Å².